The van der Waals surface area contributed by atoms with Crippen molar-refractivity contribution in [3.63, 3.8) is 0 Å². The summed E-state index contributed by atoms with van der Waals surface area (Å²) in [5.74, 6) is -0.466. The molecule has 1 fully saturated rings. The standard InChI is InChI=1S/C18H22ClN5O3/c1-11(2)24-9-7-13(8-10-24)18(26)21-16-15(22-27-23-16)20-17(25)12-3-5-14(19)6-4-12/h3-6,11,13H,7-10H2,1-2H3,(H,20,22,25)(H,21,23,26). The first kappa shape index (κ1) is 19.3. The summed E-state index contributed by atoms with van der Waals surface area (Å²) in [7, 11) is 0. The Kier molecular flexibility index (Phi) is 6.08. The fraction of sp³-hybridized carbons (Fsp3) is 0.444. The van der Waals surface area contributed by atoms with E-state index in [2.05, 4.69) is 44.3 Å². The highest BCUT2D eigenvalue weighted by Gasteiger charge is 2.27. The van der Waals surface area contributed by atoms with Crippen LogP contribution in [0.3, 0.4) is 0 Å². The number of nitrogens with one attached hydrogen (secondary N) is 2. The predicted molar refractivity (Wildman–Crippen MR) is 102 cm³/mol. The molecule has 27 heavy (non-hydrogen) atoms. The minimum Gasteiger partial charge on any atom is -0.304 e. The Balaban J connectivity index is 1.59. The molecule has 1 aromatic carbocycles. The van der Waals surface area contributed by atoms with Gasteiger partial charge in [-0.1, -0.05) is 11.6 Å². The molecule has 0 aliphatic carbocycles. The Hall–Kier alpha value is -2.45. The minimum absolute atomic E-state index is 0.0721. The number of nitrogens with zero attached hydrogens (tertiary/aromatic N) is 3. The van der Waals surface area contributed by atoms with Gasteiger partial charge in [0, 0.05) is 22.5 Å². The summed E-state index contributed by atoms with van der Waals surface area (Å²) >= 11 is 5.82. The van der Waals surface area contributed by atoms with E-state index in [1.54, 1.807) is 24.3 Å². The number of halogens is 1. The number of anilines is 2. The van der Waals surface area contributed by atoms with E-state index in [1.807, 2.05) is 0 Å². The van der Waals surface area contributed by atoms with Crippen molar-refractivity contribution in [2.45, 2.75) is 32.7 Å². The number of hydrogen-bond donors (Lipinski definition) is 2. The normalized spacial score (nSPS) is 15.7. The van der Waals surface area contributed by atoms with Crippen molar-refractivity contribution in [3.8, 4) is 0 Å². The van der Waals surface area contributed by atoms with Gasteiger partial charge < -0.3 is 15.5 Å². The topological polar surface area (TPSA) is 100 Å². The van der Waals surface area contributed by atoms with Crippen molar-refractivity contribution in [2.24, 2.45) is 5.92 Å². The highest BCUT2D eigenvalue weighted by Crippen LogP contribution is 2.23. The Bertz CT molecular complexity index is 798. The van der Waals surface area contributed by atoms with Crippen LogP contribution in [0.15, 0.2) is 28.9 Å². The maximum Gasteiger partial charge on any atom is 0.257 e. The average Bonchev–Trinajstić information content (AvgIpc) is 3.08. The molecule has 2 N–H and O–H groups in total. The van der Waals surface area contributed by atoms with Gasteiger partial charge in [0.05, 0.1) is 0 Å². The molecule has 2 amide bonds. The van der Waals surface area contributed by atoms with E-state index in [4.69, 9.17) is 11.6 Å². The van der Waals surface area contributed by atoms with E-state index in [0.717, 1.165) is 25.9 Å². The monoisotopic (exact) mass is 391 g/mol. The largest absolute Gasteiger partial charge is 0.304 e. The van der Waals surface area contributed by atoms with Gasteiger partial charge in [-0.25, -0.2) is 4.63 Å². The van der Waals surface area contributed by atoms with E-state index in [9.17, 15) is 9.59 Å². The van der Waals surface area contributed by atoms with Crippen LogP contribution in [-0.4, -0.2) is 46.2 Å². The minimum atomic E-state index is -0.400. The summed E-state index contributed by atoms with van der Waals surface area (Å²) in [5.41, 5.74) is 0.403. The first-order valence-electron chi connectivity index (χ1n) is 8.88. The molecular weight excluding hydrogens is 370 g/mol. The number of piperidine rings is 1. The van der Waals surface area contributed by atoms with Gasteiger partial charge in [0.2, 0.25) is 17.5 Å². The molecule has 2 heterocycles. The van der Waals surface area contributed by atoms with Crippen LogP contribution in [0.4, 0.5) is 11.6 Å². The van der Waals surface area contributed by atoms with Crippen LogP contribution < -0.4 is 10.6 Å². The highest BCUT2D eigenvalue weighted by atomic mass is 35.5. The first-order chi connectivity index (χ1) is 12.9. The molecule has 2 aromatic rings. The fourth-order valence-corrected chi connectivity index (χ4v) is 3.16. The number of aromatic nitrogens is 2. The number of benzene rings is 1. The third-order valence-corrected chi connectivity index (χ3v) is 4.95. The van der Waals surface area contributed by atoms with Crippen LogP contribution in [0, 0.1) is 5.92 Å². The molecule has 8 nitrogen and oxygen atoms in total. The Morgan fingerprint density at radius 2 is 1.70 bits per heavy atom. The van der Waals surface area contributed by atoms with Crippen LogP contribution >= 0.6 is 11.6 Å². The van der Waals surface area contributed by atoms with Crippen molar-refractivity contribution < 1.29 is 14.2 Å². The van der Waals surface area contributed by atoms with E-state index in [0.29, 0.717) is 16.6 Å². The summed E-state index contributed by atoms with van der Waals surface area (Å²) in [6, 6.07) is 6.88. The number of hydrogen-bond acceptors (Lipinski definition) is 6. The number of likely N-dealkylation sites (tertiary alicyclic amines) is 1. The Labute approximate surface area is 162 Å². The third kappa shape index (κ3) is 4.84. The summed E-state index contributed by atoms with van der Waals surface area (Å²) in [4.78, 5) is 27.1. The SMILES string of the molecule is CC(C)N1CCC(C(=O)Nc2nonc2NC(=O)c2ccc(Cl)cc2)CC1. The molecule has 0 bridgehead atoms. The summed E-state index contributed by atoms with van der Waals surface area (Å²) < 4.78 is 4.68. The second-order valence-electron chi connectivity index (χ2n) is 6.82. The van der Waals surface area contributed by atoms with E-state index in [-0.39, 0.29) is 23.5 Å². The molecule has 0 radical (unpaired) electrons. The van der Waals surface area contributed by atoms with Crippen LogP contribution in [0.2, 0.25) is 5.02 Å². The van der Waals surface area contributed by atoms with Gasteiger partial charge in [-0.3, -0.25) is 9.59 Å². The zero-order valence-corrected chi connectivity index (χ0v) is 16.0. The van der Waals surface area contributed by atoms with Gasteiger partial charge in [0.25, 0.3) is 5.91 Å². The Morgan fingerprint density at radius 1 is 1.11 bits per heavy atom. The molecule has 0 spiro atoms. The number of amides is 2. The maximum absolute atomic E-state index is 12.5. The maximum atomic E-state index is 12.5. The van der Waals surface area contributed by atoms with E-state index < -0.39 is 5.91 Å². The molecule has 1 aromatic heterocycles. The number of carbonyl (C=O) groups excluding carboxylic acids is 2. The van der Waals surface area contributed by atoms with Crippen LogP contribution in [-0.2, 0) is 4.79 Å². The lowest BCUT2D eigenvalue weighted by Gasteiger charge is -2.33. The van der Waals surface area contributed by atoms with Gasteiger partial charge in [-0.2, -0.15) is 0 Å². The average molecular weight is 392 g/mol. The van der Waals surface area contributed by atoms with Crippen molar-refractivity contribution in [1.29, 1.82) is 0 Å². The zero-order valence-electron chi connectivity index (χ0n) is 15.2. The quantitative estimate of drug-likeness (QED) is 0.812. The lowest BCUT2D eigenvalue weighted by atomic mass is 9.95. The number of rotatable bonds is 5. The molecule has 1 aliphatic rings. The second-order valence-corrected chi connectivity index (χ2v) is 7.25. The van der Waals surface area contributed by atoms with Gasteiger partial charge in [0.15, 0.2) is 0 Å². The molecular formula is C18H22ClN5O3. The van der Waals surface area contributed by atoms with Crippen molar-refractivity contribution in [2.75, 3.05) is 23.7 Å². The zero-order chi connectivity index (χ0) is 19.4. The van der Waals surface area contributed by atoms with Crippen molar-refractivity contribution in [3.05, 3.63) is 34.9 Å². The molecule has 0 atom stereocenters. The smallest absolute Gasteiger partial charge is 0.257 e. The Morgan fingerprint density at radius 3 is 2.30 bits per heavy atom. The predicted octanol–water partition coefficient (Wildman–Crippen LogP) is 3.03. The molecule has 1 saturated heterocycles. The van der Waals surface area contributed by atoms with E-state index in [1.165, 1.54) is 0 Å². The third-order valence-electron chi connectivity index (χ3n) is 4.70. The molecule has 0 unspecified atom stereocenters. The summed E-state index contributed by atoms with van der Waals surface area (Å²) in [6.07, 6.45) is 1.56. The first-order valence-corrected chi connectivity index (χ1v) is 9.26. The molecule has 9 heteroatoms. The van der Waals surface area contributed by atoms with Gasteiger partial charge in [-0.05, 0) is 74.4 Å². The van der Waals surface area contributed by atoms with Gasteiger partial charge in [0.1, 0.15) is 0 Å². The molecule has 3 rings (SSSR count). The molecule has 0 saturated carbocycles. The lowest BCUT2D eigenvalue weighted by molar-refractivity contribution is -0.121. The van der Waals surface area contributed by atoms with Crippen LogP contribution in [0.1, 0.15) is 37.0 Å². The van der Waals surface area contributed by atoms with Crippen molar-refractivity contribution in [1.82, 2.24) is 15.2 Å². The molecule has 1 aliphatic heterocycles. The van der Waals surface area contributed by atoms with Crippen molar-refractivity contribution >= 4 is 35.1 Å². The highest BCUT2D eigenvalue weighted by molar-refractivity contribution is 6.30. The fourth-order valence-electron chi connectivity index (χ4n) is 3.03. The number of carbonyl (C=O) groups is 2. The summed E-state index contributed by atoms with van der Waals surface area (Å²) in [5, 5.41) is 13.2. The molecule has 144 valence electrons. The summed E-state index contributed by atoms with van der Waals surface area (Å²) in [6.45, 7) is 6.06. The van der Waals surface area contributed by atoms with E-state index >= 15 is 0 Å². The van der Waals surface area contributed by atoms with Gasteiger partial charge >= 0.3 is 0 Å². The van der Waals surface area contributed by atoms with Gasteiger partial charge in [-0.15, -0.1) is 0 Å². The van der Waals surface area contributed by atoms with Crippen LogP contribution in [0.5, 0.6) is 0 Å². The second kappa shape index (κ2) is 8.49. The van der Waals surface area contributed by atoms with Crippen LogP contribution in [0.25, 0.3) is 0 Å². The lowest BCUT2D eigenvalue weighted by Crippen LogP contribution is -2.41.